The summed E-state index contributed by atoms with van der Waals surface area (Å²) < 4.78 is 0. The van der Waals surface area contributed by atoms with Crippen molar-refractivity contribution in [3.05, 3.63) is 41.5 Å². The Bertz CT molecular complexity index is 375. The van der Waals surface area contributed by atoms with Crippen LogP contribution in [-0.4, -0.2) is 0 Å². The van der Waals surface area contributed by atoms with E-state index in [4.69, 9.17) is 5.73 Å². The molecule has 0 atom stereocenters. The monoisotopic (exact) mass is 203 g/mol. The van der Waals surface area contributed by atoms with E-state index in [1.165, 1.54) is 16.7 Å². The molecule has 1 nitrogen and oxygen atoms in total. The molecule has 15 heavy (non-hydrogen) atoms. The number of rotatable bonds is 3. The largest absolute Gasteiger partial charge is 0.399 e. The van der Waals surface area contributed by atoms with Gasteiger partial charge in [0.15, 0.2) is 0 Å². The molecule has 0 unspecified atom stereocenters. The average molecular weight is 203 g/mol. The minimum absolute atomic E-state index is 0.116. The molecule has 1 rings (SSSR count). The van der Waals surface area contributed by atoms with E-state index in [9.17, 15) is 0 Å². The second kappa shape index (κ2) is 4.09. The van der Waals surface area contributed by atoms with E-state index in [2.05, 4.69) is 46.4 Å². The smallest absolute Gasteiger partial charge is 0.0317 e. The first-order chi connectivity index (χ1) is 6.83. The van der Waals surface area contributed by atoms with Crippen molar-refractivity contribution in [2.24, 2.45) is 0 Å². The molecule has 0 aliphatic rings. The zero-order valence-corrected chi connectivity index (χ0v) is 10.2. The summed E-state index contributed by atoms with van der Waals surface area (Å²) in [6.07, 6.45) is 0.997. The van der Waals surface area contributed by atoms with Crippen molar-refractivity contribution in [1.82, 2.24) is 0 Å². The van der Waals surface area contributed by atoms with E-state index < -0.39 is 0 Å². The van der Waals surface area contributed by atoms with Crippen LogP contribution in [0.5, 0.6) is 0 Å². The molecule has 0 fully saturated rings. The molecule has 0 aromatic heterocycles. The maximum atomic E-state index is 5.83. The van der Waals surface area contributed by atoms with Crippen LogP contribution < -0.4 is 5.73 Å². The minimum atomic E-state index is 0.116. The highest BCUT2D eigenvalue weighted by molar-refractivity contribution is 5.47. The quantitative estimate of drug-likeness (QED) is 0.586. The summed E-state index contributed by atoms with van der Waals surface area (Å²) in [5.74, 6) is 0. The van der Waals surface area contributed by atoms with Gasteiger partial charge in [0.25, 0.3) is 0 Å². The molecule has 0 radical (unpaired) electrons. The van der Waals surface area contributed by atoms with Crippen molar-refractivity contribution in [3.63, 3.8) is 0 Å². The molecule has 0 saturated carbocycles. The Morgan fingerprint density at radius 3 is 2.53 bits per heavy atom. The second-order valence-corrected chi connectivity index (χ2v) is 5.09. The summed E-state index contributed by atoms with van der Waals surface area (Å²) in [6.45, 7) is 12.7. The molecule has 0 saturated heterocycles. The van der Waals surface area contributed by atoms with E-state index in [0.29, 0.717) is 0 Å². The number of nitrogens with two attached hydrogens (primary N) is 1. The van der Waals surface area contributed by atoms with Crippen LogP contribution in [0, 0.1) is 6.92 Å². The van der Waals surface area contributed by atoms with Gasteiger partial charge in [-0.15, -0.1) is 6.58 Å². The lowest BCUT2D eigenvalue weighted by atomic mass is 9.77. The predicted octanol–water partition coefficient (Wildman–Crippen LogP) is 3.82. The van der Waals surface area contributed by atoms with E-state index in [1.54, 1.807) is 0 Å². The predicted molar refractivity (Wildman–Crippen MR) is 68.0 cm³/mol. The highest BCUT2D eigenvalue weighted by atomic mass is 14.5. The van der Waals surface area contributed by atoms with Gasteiger partial charge in [-0.25, -0.2) is 0 Å². The van der Waals surface area contributed by atoms with Crippen LogP contribution >= 0.6 is 0 Å². The summed E-state index contributed by atoms with van der Waals surface area (Å²) in [5.41, 5.74) is 10.6. The fourth-order valence-electron chi connectivity index (χ4n) is 2.22. The van der Waals surface area contributed by atoms with Crippen LogP contribution in [0.4, 0.5) is 5.69 Å². The number of aryl methyl sites for hydroxylation is 1. The maximum absolute atomic E-state index is 5.83. The van der Waals surface area contributed by atoms with Gasteiger partial charge in [-0.05, 0) is 48.9 Å². The fourth-order valence-corrected chi connectivity index (χ4v) is 2.22. The molecule has 82 valence electrons. The number of anilines is 1. The molecular formula is C14H21N. The topological polar surface area (TPSA) is 26.0 Å². The Morgan fingerprint density at radius 1 is 1.40 bits per heavy atom. The van der Waals surface area contributed by atoms with Crippen LogP contribution in [0.15, 0.2) is 30.4 Å². The van der Waals surface area contributed by atoms with Crippen molar-refractivity contribution in [2.45, 2.75) is 39.5 Å². The molecule has 1 aromatic rings. The Hall–Kier alpha value is -1.24. The van der Waals surface area contributed by atoms with Gasteiger partial charge in [-0.3, -0.25) is 0 Å². The third kappa shape index (κ3) is 2.85. The van der Waals surface area contributed by atoms with Crippen molar-refractivity contribution in [2.75, 3.05) is 5.73 Å². The van der Waals surface area contributed by atoms with Crippen molar-refractivity contribution >= 4 is 5.69 Å². The average Bonchev–Trinajstić information content (AvgIpc) is 2.06. The summed E-state index contributed by atoms with van der Waals surface area (Å²) in [6, 6.07) is 6.12. The van der Waals surface area contributed by atoms with Crippen molar-refractivity contribution in [3.8, 4) is 0 Å². The van der Waals surface area contributed by atoms with E-state index >= 15 is 0 Å². The first-order valence-electron chi connectivity index (χ1n) is 5.34. The van der Waals surface area contributed by atoms with Gasteiger partial charge in [0.1, 0.15) is 0 Å². The van der Waals surface area contributed by atoms with Crippen molar-refractivity contribution < 1.29 is 0 Å². The zero-order chi connectivity index (χ0) is 11.6. The van der Waals surface area contributed by atoms with Gasteiger partial charge in [0, 0.05) is 5.69 Å². The Kier molecular flexibility index (Phi) is 3.23. The zero-order valence-electron chi connectivity index (χ0n) is 10.2. The Balaban J connectivity index is 3.13. The lowest BCUT2D eigenvalue weighted by molar-refractivity contribution is 0.518. The molecule has 2 N–H and O–H groups in total. The van der Waals surface area contributed by atoms with Gasteiger partial charge in [-0.2, -0.15) is 0 Å². The molecule has 1 heteroatoms. The maximum Gasteiger partial charge on any atom is 0.0317 e. The molecule has 0 aliphatic carbocycles. The lowest BCUT2D eigenvalue weighted by Crippen LogP contribution is -2.19. The standard InChI is InChI=1S/C14H21N/c1-10(2)9-14(4,5)13-8-12(15)7-6-11(13)3/h6-8H,1,9,15H2,2-5H3. The molecule has 0 amide bonds. The van der Waals surface area contributed by atoms with Crippen LogP contribution in [0.3, 0.4) is 0 Å². The van der Waals surface area contributed by atoms with Gasteiger partial charge in [0.05, 0.1) is 0 Å². The molecule has 0 bridgehead atoms. The number of allylic oxidation sites excluding steroid dienone is 1. The summed E-state index contributed by atoms with van der Waals surface area (Å²) in [5, 5.41) is 0. The normalized spacial score (nSPS) is 11.5. The molecule has 0 aliphatic heterocycles. The Labute approximate surface area is 93.0 Å². The highest BCUT2D eigenvalue weighted by Gasteiger charge is 2.22. The minimum Gasteiger partial charge on any atom is -0.399 e. The molecule has 0 heterocycles. The van der Waals surface area contributed by atoms with Gasteiger partial charge >= 0.3 is 0 Å². The number of hydrogen-bond donors (Lipinski definition) is 1. The van der Waals surface area contributed by atoms with E-state index in [-0.39, 0.29) is 5.41 Å². The highest BCUT2D eigenvalue weighted by Crippen LogP contribution is 2.33. The van der Waals surface area contributed by atoms with Crippen molar-refractivity contribution in [1.29, 1.82) is 0 Å². The fraction of sp³-hybridized carbons (Fsp3) is 0.429. The van der Waals surface area contributed by atoms with Crippen LogP contribution in [0.25, 0.3) is 0 Å². The van der Waals surface area contributed by atoms with Crippen LogP contribution in [0.2, 0.25) is 0 Å². The first kappa shape index (κ1) is 11.8. The van der Waals surface area contributed by atoms with Gasteiger partial charge in [0.2, 0.25) is 0 Å². The molecular weight excluding hydrogens is 182 g/mol. The third-order valence-corrected chi connectivity index (χ3v) is 2.73. The van der Waals surface area contributed by atoms with Crippen LogP contribution in [0.1, 0.15) is 38.3 Å². The summed E-state index contributed by atoms with van der Waals surface area (Å²) >= 11 is 0. The third-order valence-electron chi connectivity index (χ3n) is 2.73. The summed E-state index contributed by atoms with van der Waals surface area (Å²) in [4.78, 5) is 0. The SMILES string of the molecule is C=C(C)CC(C)(C)c1cc(N)ccc1C. The number of nitrogen functional groups attached to an aromatic ring is 1. The molecule has 1 aromatic carbocycles. The Morgan fingerprint density at radius 2 is 2.00 bits per heavy atom. The first-order valence-corrected chi connectivity index (χ1v) is 5.34. The number of hydrogen-bond acceptors (Lipinski definition) is 1. The van der Waals surface area contributed by atoms with E-state index in [1.807, 2.05) is 6.07 Å². The van der Waals surface area contributed by atoms with E-state index in [0.717, 1.165) is 12.1 Å². The second-order valence-electron chi connectivity index (χ2n) is 5.09. The summed E-state index contributed by atoms with van der Waals surface area (Å²) in [7, 11) is 0. The lowest BCUT2D eigenvalue weighted by Gasteiger charge is -2.27. The van der Waals surface area contributed by atoms with Gasteiger partial charge < -0.3 is 5.73 Å². The van der Waals surface area contributed by atoms with Crippen LogP contribution in [-0.2, 0) is 5.41 Å². The molecule has 0 spiro atoms. The van der Waals surface area contributed by atoms with Gasteiger partial charge in [-0.1, -0.05) is 25.5 Å². The number of benzene rings is 1.